The fourth-order valence-corrected chi connectivity index (χ4v) is 2.77. The predicted octanol–water partition coefficient (Wildman–Crippen LogP) is 3.20. The molecule has 0 heterocycles. The second-order valence-electron chi connectivity index (χ2n) is 5.59. The van der Waals surface area contributed by atoms with Crippen molar-refractivity contribution in [3.8, 4) is 11.8 Å². The molecule has 0 radical (unpaired) electrons. The fourth-order valence-electron chi connectivity index (χ4n) is 2.77. The zero-order valence-electron chi connectivity index (χ0n) is 12.3. The molecule has 0 bridgehead atoms. The molecular formula is C17H20F3NO. The van der Waals surface area contributed by atoms with Crippen molar-refractivity contribution < 1.29 is 18.3 Å². The van der Waals surface area contributed by atoms with Crippen LogP contribution in [0.25, 0.3) is 0 Å². The lowest BCUT2D eigenvalue weighted by Crippen LogP contribution is -2.40. The Labute approximate surface area is 128 Å². The molecule has 5 heteroatoms. The summed E-state index contributed by atoms with van der Waals surface area (Å²) in [4.78, 5) is 0. The smallest absolute Gasteiger partial charge is 0.396 e. The highest BCUT2D eigenvalue weighted by Crippen LogP contribution is 2.29. The van der Waals surface area contributed by atoms with Gasteiger partial charge in [-0.15, -0.1) is 0 Å². The molecule has 0 aromatic heterocycles. The van der Waals surface area contributed by atoms with Crippen LogP contribution in [0.1, 0.15) is 36.8 Å². The number of benzene rings is 1. The monoisotopic (exact) mass is 311 g/mol. The molecule has 1 aromatic rings. The van der Waals surface area contributed by atoms with Gasteiger partial charge in [-0.3, -0.25) is 0 Å². The van der Waals surface area contributed by atoms with Gasteiger partial charge in [0.05, 0.1) is 12.1 Å². The summed E-state index contributed by atoms with van der Waals surface area (Å²) in [6.07, 6.45) is 0.0582. The maximum Gasteiger partial charge on any atom is 0.416 e. The molecule has 2 rings (SSSR count). The van der Waals surface area contributed by atoms with Gasteiger partial charge >= 0.3 is 6.18 Å². The van der Waals surface area contributed by atoms with E-state index in [1.807, 2.05) is 0 Å². The Hall–Kier alpha value is -1.51. The minimum atomic E-state index is -4.31. The first-order valence-electron chi connectivity index (χ1n) is 7.51. The Morgan fingerprint density at radius 2 is 1.82 bits per heavy atom. The summed E-state index contributed by atoms with van der Waals surface area (Å²) in [5, 5.41) is 12.6. The lowest BCUT2D eigenvalue weighted by molar-refractivity contribution is -0.137. The van der Waals surface area contributed by atoms with Crippen LogP contribution in [0.2, 0.25) is 0 Å². The van der Waals surface area contributed by atoms with Gasteiger partial charge in [0, 0.05) is 18.2 Å². The fraction of sp³-hybridized carbons (Fsp3) is 0.529. The van der Waals surface area contributed by atoms with Crippen LogP contribution in [-0.4, -0.2) is 24.3 Å². The summed E-state index contributed by atoms with van der Waals surface area (Å²) in [5.74, 6) is 6.06. The number of halogens is 3. The molecule has 1 aromatic carbocycles. The van der Waals surface area contributed by atoms with E-state index in [0.29, 0.717) is 12.1 Å². The highest BCUT2D eigenvalue weighted by atomic mass is 19.4. The lowest BCUT2D eigenvalue weighted by Gasteiger charge is -2.30. The summed E-state index contributed by atoms with van der Waals surface area (Å²) in [6, 6.07) is 5.13. The summed E-state index contributed by atoms with van der Waals surface area (Å²) in [6.45, 7) is 0.659. The first kappa shape index (κ1) is 16.9. The number of aliphatic hydroxyl groups is 1. The van der Waals surface area contributed by atoms with E-state index in [1.54, 1.807) is 0 Å². The number of hydrogen-bond donors (Lipinski definition) is 2. The van der Waals surface area contributed by atoms with Gasteiger partial charge in [0.15, 0.2) is 0 Å². The van der Waals surface area contributed by atoms with Crippen molar-refractivity contribution in [3.63, 3.8) is 0 Å². The molecule has 22 heavy (non-hydrogen) atoms. The van der Waals surface area contributed by atoms with Crippen LogP contribution >= 0.6 is 0 Å². The molecule has 0 saturated heterocycles. The van der Waals surface area contributed by atoms with E-state index in [9.17, 15) is 18.3 Å². The van der Waals surface area contributed by atoms with Gasteiger partial charge in [0.2, 0.25) is 0 Å². The van der Waals surface area contributed by atoms with Crippen molar-refractivity contribution in [2.45, 2.75) is 37.9 Å². The molecule has 1 saturated carbocycles. The Kier molecular flexibility index (Phi) is 5.87. The van der Waals surface area contributed by atoms with Crippen molar-refractivity contribution in [1.82, 2.24) is 5.32 Å². The van der Waals surface area contributed by atoms with Crippen LogP contribution in [0.4, 0.5) is 13.2 Å². The molecular weight excluding hydrogens is 291 g/mol. The van der Waals surface area contributed by atoms with Crippen molar-refractivity contribution in [2.24, 2.45) is 5.92 Å². The van der Waals surface area contributed by atoms with Crippen LogP contribution in [0.15, 0.2) is 24.3 Å². The van der Waals surface area contributed by atoms with Gasteiger partial charge in [-0.05, 0) is 43.0 Å². The highest BCUT2D eigenvalue weighted by Gasteiger charge is 2.29. The van der Waals surface area contributed by atoms with Gasteiger partial charge in [-0.25, -0.2) is 0 Å². The quantitative estimate of drug-likeness (QED) is 0.840. The van der Waals surface area contributed by atoms with Crippen molar-refractivity contribution in [2.75, 3.05) is 13.2 Å². The summed E-state index contributed by atoms with van der Waals surface area (Å²) in [5.41, 5.74) is -0.0960. The molecule has 2 N–H and O–H groups in total. The minimum absolute atomic E-state index is 0.185. The second-order valence-corrected chi connectivity index (χ2v) is 5.59. The summed E-state index contributed by atoms with van der Waals surface area (Å²) < 4.78 is 37.3. The SMILES string of the molecule is OC[C@H]1CCCC[C@@H]1NCC#Cc1ccc(C(F)(F)F)cc1. The van der Waals surface area contributed by atoms with Crippen LogP contribution in [0.3, 0.4) is 0 Å². The summed E-state index contributed by atoms with van der Waals surface area (Å²) >= 11 is 0. The van der Waals surface area contributed by atoms with Crippen LogP contribution in [0.5, 0.6) is 0 Å². The highest BCUT2D eigenvalue weighted by molar-refractivity contribution is 5.37. The average Bonchev–Trinajstić information content (AvgIpc) is 2.51. The van der Waals surface area contributed by atoms with Gasteiger partial charge in [-0.2, -0.15) is 13.2 Å². The number of aliphatic hydroxyl groups excluding tert-OH is 1. The number of nitrogens with one attached hydrogen (secondary N) is 1. The number of hydrogen-bond acceptors (Lipinski definition) is 2. The van der Waals surface area contributed by atoms with E-state index in [-0.39, 0.29) is 18.6 Å². The molecule has 0 unspecified atom stereocenters. The van der Waals surface area contributed by atoms with Crippen LogP contribution in [-0.2, 0) is 6.18 Å². The second kappa shape index (κ2) is 7.66. The minimum Gasteiger partial charge on any atom is -0.396 e. The maximum atomic E-state index is 12.4. The molecule has 1 aliphatic rings. The molecule has 0 spiro atoms. The van der Waals surface area contributed by atoms with Crippen molar-refractivity contribution >= 4 is 0 Å². The van der Waals surface area contributed by atoms with E-state index >= 15 is 0 Å². The third kappa shape index (κ3) is 4.75. The molecule has 2 atom stereocenters. The number of rotatable bonds is 3. The molecule has 0 amide bonds. The Balaban J connectivity index is 1.86. The third-order valence-electron chi connectivity index (χ3n) is 4.04. The van der Waals surface area contributed by atoms with E-state index in [2.05, 4.69) is 17.2 Å². The van der Waals surface area contributed by atoms with Gasteiger partial charge in [0.25, 0.3) is 0 Å². The zero-order valence-corrected chi connectivity index (χ0v) is 12.3. The lowest BCUT2D eigenvalue weighted by atomic mass is 9.85. The first-order chi connectivity index (χ1) is 10.5. The first-order valence-corrected chi connectivity index (χ1v) is 7.51. The maximum absolute atomic E-state index is 12.4. The van der Waals surface area contributed by atoms with E-state index in [4.69, 9.17) is 0 Å². The van der Waals surface area contributed by atoms with E-state index in [1.165, 1.54) is 12.1 Å². The van der Waals surface area contributed by atoms with Crippen LogP contribution < -0.4 is 5.32 Å². The Bertz CT molecular complexity index is 528. The van der Waals surface area contributed by atoms with Crippen molar-refractivity contribution in [3.05, 3.63) is 35.4 Å². The zero-order chi connectivity index (χ0) is 16.0. The molecule has 2 nitrogen and oxygen atoms in total. The topological polar surface area (TPSA) is 32.3 Å². The average molecular weight is 311 g/mol. The number of alkyl halides is 3. The van der Waals surface area contributed by atoms with E-state index in [0.717, 1.165) is 37.8 Å². The van der Waals surface area contributed by atoms with Gasteiger partial charge in [-0.1, -0.05) is 24.7 Å². The van der Waals surface area contributed by atoms with E-state index < -0.39 is 11.7 Å². The molecule has 1 aliphatic carbocycles. The van der Waals surface area contributed by atoms with Crippen molar-refractivity contribution in [1.29, 1.82) is 0 Å². The molecule has 120 valence electrons. The van der Waals surface area contributed by atoms with Crippen LogP contribution in [0, 0.1) is 17.8 Å². The normalized spacial score (nSPS) is 22.0. The Morgan fingerprint density at radius 3 is 2.45 bits per heavy atom. The molecule has 0 aliphatic heterocycles. The largest absolute Gasteiger partial charge is 0.416 e. The Morgan fingerprint density at radius 1 is 1.14 bits per heavy atom. The summed E-state index contributed by atoms with van der Waals surface area (Å²) in [7, 11) is 0. The third-order valence-corrected chi connectivity index (χ3v) is 4.04. The van der Waals surface area contributed by atoms with Gasteiger partial charge < -0.3 is 10.4 Å². The standard InChI is InChI=1S/C17H20F3NO/c18-17(19,20)15-9-7-13(8-10-15)4-3-11-21-16-6-2-1-5-14(16)12-22/h7-10,14,16,21-22H,1-2,5-6,11-12H2/t14-,16+/m1/s1. The van der Waals surface area contributed by atoms with Gasteiger partial charge in [0.1, 0.15) is 0 Å². The predicted molar refractivity (Wildman–Crippen MR) is 79.2 cm³/mol. The molecule has 1 fully saturated rings.